The molecule has 27 heavy (non-hydrogen) atoms. The molecular formula is C18H16Cl2N4O2S. The first-order chi connectivity index (χ1) is 13.0. The first kappa shape index (κ1) is 19.5. The number of methoxy groups -OCH3 is 1. The van der Waals surface area contributed by atoms with Crippen LogP contribution >= 0.6 is 35.0 Å². The van der Waals surface area contributed by atoms with Crippen LogP contribution in [0.1, 0.15) is 10.5 Å². The van der Waals surface area contributed by atoms with Gasteiger partial charge in [0.2, 0.25) is 0 Å². The summed E-state index contributed by atoms with van der Waals surface area (Å²) in [5.41, 5.74) is 1.99. The van der Waals surface area contributed by atoms with Gasteiger partial charge in [-0.25, -0.2) is 4.68 Å². The molecule has 1 aromatic heterocycles. The fourth-order valence-corrected chi connectivity index (χ4v) is 3.25. The van der Waals surface area contributed by atoms with Gasteiger partial charge in [0.25, 0.3) is 5.91 Å². The maximum absolute atomic E-state index is 13.0. The molecule has 0 saturated heterocycles. The van der Waals surface area contributed by atoms with Crippen LogP contribution in [0.3, 0.4) is 0 Å². The van der Waals surface area contributed by atoms with Crippen molar-refractivity contribution in [2.24, 2.45) is 0 Å². The highest BCUT2D eigenvalue weighted by Crippen LogP contribution is 2.31. The van der Waals surface area contributed by atoms with Crippen LogP contribution in [-0.2, 0) is 5.88 Å². The van der Waals surface area contributed by atoms with Crippen molar-refractivity contribution in [1.29, 1.82) is 0 Å². The molecule has 3 rings (SSSR count). The molecule has 0 atom stereocenters. The second-order valence-electron chi connectivity index (χ2n) is 5.49. The average molecular weight is 423 g/mol. The summed E-state index contributed by atoms with van der Waals surface area (Å²) in [7, 11) is 1.59. The number of nitrogens with zero attached hydrogens (tertiary/aromatic N) is 3. The summed E-state index contributed by atoms with van der Waals surface area (Å²) in [6, 6.07) is 12.3. The van der Waals surface area contributed by atoms with Gasteiger partial charge < -0.3 is 10.1 Å². The van der Waals surface area contributed by atoms with E-state index in [-0.39, 0.29) is 10.9 Å². The lowest BCUT2D eigenvalue weighted by molar-refractivity contribution is 0.101. The van der Waals surface area contributed by atoms with Crippen LogP contribution in [0.2, 0.25) is 10.0 Å². The first-order valence-corrected chi connectivity index (χ1v) is 10.0. The van der Waals surface area contributed by atoms with E-state index in [1.165, 1.54) is 11.8 Å². The standard InChI is InChI=1S/C18H16Cl2N4O2S/c1-26-12-8-6-11(7-9-12)16-17(24(10-27-2)23-22-16)18(25)21-14-5-3-4-13(19)15(14)20/h3-9H,10H2,1-2H3,(H,21,25). The van der Waals surface area contributed by atoms with Gasteiger partial charge in [-0.2, -0.15) is 0 Å². The summed E-state index contributed by atoms with van der Waals surface area (Å²) < 4.78 is 6.73. The van der Waals surface area contributed by atoms with Crippen LogP contribution < -0.4 is 10.1 Å². The van der Waals surface area contributed by atoms with Crippen molar-refractivity contribution in [3.05, 3.63) is 58.2 Å². The van der Waals surface area contributed by atoms with E-state index in [1.54, 1.807) is 42.1 Å². The van der Waals surface area contributed by atoms with Crippen LogP contribution in [0.25, 0.3) is 11.3 Å². The Morgan fingerprint density at radius 3 is 2.63 bits per heavy atom. The number of ether oxygens (including phenoxy) is 1. The summed E-state index contributed by atoms with van der Waals surface area (Å²) in [4.78, 5) is 13.0. The number of aromatic nitrogens is 3. The summed E-state index contributed by atoms with van der Waals surface area (Å²) >= 11 is 13.7. The molecule has 0 aliphatic heterocycles. The number of amides is 1. The molecule has 1 amide bonds. The highest BCUT2D eigenvalue weighted by atomic mass is 35.5. The van der Waals surface area contributed by atoms with Crippen LogP contribution in [0, 0.1) is 0 Å². The summed E-state index contributed by atoms with van der Waals surface area (Å²) in [5, 5.41) is 11.8. The zero-order valence-corrected chi connectivity index (χ0v) is 16.9. The number of benzene rings is 2. The minimum absolute atomic E-state index is 0.280. The molecular weight excluding hydrogens is 407 g/mol. The number of hydrogen-bond acceptors (Lipinski definition) is 5. The van der Waals surface area contributed by atoms with Crippen molar-refractivity contribution >= 4 is 46.6 Å². The van der Waals surface area contributed by atoms with Gasteiger partial charge in [-0.3, -0.25) is 4.79 Å². The molecule has 0 radical (unpaired) electrons. The minimum Gasteiger partial charge on any atom is -0.497 e. The van der Waals surface area contributed by atoms with E-state index in [0.29, 0.717) is 33.7 Å². The zero-order valence-electron chi connectivity index (χ0n) is 14.6. The lowest BCUT2D eigenvalue weighted by Gasteiger charge is -2.10. The highest BCUT2D eigenvalue weighted by molar-refractivity contribution is 7.97. The lowest BCUT2D eigenvalue weighted by Crippen LogP contribution is -2.18. The lowest BCUT2D eigenvalue weighted by atomic mass is 10.1. The molecule has 6 nitrogen and oxygen atoms in total. The second kappa shape index (κ2) is 8.65. The number of carbonyl (C=O) groups excluding carboxylic acids is 1. The molecule has 1 heterocycles. The average Bonchev–Trinajstić information content (AvgIpc) is 3.09. The number of carbonyl (C=O) groups is 1. The molecule has 0 aliphatic carbocycles. The van der Waals surface area contributed by atoms with Crippen molar-refractivity contribution in [2.45, 2.75) is 5.88 Å². The van der Waals surface area contributed by atoms with E-state index >= 15 is 0 Å². The Bertz CT molecular complexity index is 960. The Kier molecular flexibility index (Phi) is 6.26. The number of anilines is 1. The van der Waals surface area contributed by atoms with E-state index in [2.05, 4.69) is 15.6 Å². The Morgan fingerprint density at radius 2 is 1.96 bits per heavy atom. The maximum Gasteiger partial charge on any atom is 0.276 e. The van der Waals surface area contributed by atoms with Gasteiger partial charge in [0.1, 0.15) is 11.4 Å². The Labute approximate surface area is 170 Å². The number of hydrogen-bond donors (Lipinski definition) is 1. The van der Waals surface area contributed by atoms with E-state index in [1.807, 2.05) is 18.4 Å². The molecule has 3 aromatic rings. The molecule has 0 fully saturated rings. The fraction of sp³-hybridized carbons (Fsp3) is 0.167. The van der Waals surface area contributed by atoms with E-state index in [4.69, 9.17) is 27.9 Å². The third-order valence-corrected chi connectivity index (χ3v) is 5.09. The van der Waals surface area contributed by atoms with E-state index < -0.39 is 0 Å². The van der Waals surface area contributed by atoms with Crippen LogP contribution in [0.4, 0.5) is 5.69 Å². The van der Waals surface area contributed by atoms with E-state index in [0.717, 1.165) is 5.56 Å². The van der Waals surface area contributed by atoms with Crippen LogP contribution in [0.15, 0.2) is 42.5 Å². The monoisotopic (exact) mass is 422 g/mol. The smallest absolute Gasteiger partial charge is 0.276 e. The number of halogens is 2. The Morgan fingerprint density at radius 1 is 1.22 bits per heavy atom. The number of rotatable bonds is 6. The Balaban J connectivity index is 2.00. The molecule has 0 bridgehead atoms. The molecule has 0 unspecified atom stereocenters. The van der Waals surface area contributed by atoms with Gasteiger partial charge in [0.15, 0.2) is 5.69 Å². The van der Waals surface area contributed by atoms with Crippen molar-refractivity contribution in [2.75, 3.05) is 18.7 Å². The first-order valence-electron chi connectivity index (χ1n) is 7.87. The zero-order chi connectivity index (χ0) is 19.4. The highest BCUT2D eigenvalue weighted by Gasteiger charge is 2.22. The third-order valence-electron chi connectivity index (χ3n) is 3.76. The van der Waals surface area contributed by atoms with Gasteiger partial charge in [0.05, 0.1) is 28.7 Å². The molecule has 0 spiro atoms. The van der Waals surface area contributed by atoms with Gasteiger partial charge in [-0.15, -0.1) is 16.9 Å². The summed E-state index contributed by atoms with van der Waals surface area (Å²) in [6.45, 7) is 0. The third kappa shape index (κ3) is 4.21. The van der Waals surface area contributed by atoms with Gasteiger partial charge >= 0.3 is 0 Å². The molecule has 2 aromatic carbocycles. The van der Waals surface area contributed by atoms with Crippen molar-refractivity contribution in [3.8, 4) is 17.0 Å². The predicted molar refractivity (Wildman–Crippen MR) is 110 cm³/mol. The second-order valence-corrected chi connectivity index (χ2v) is 7.11. The normalized spacial score (nSPS) is 10.7. The van der Waals surface area contributed by atoms with Crippen molar-refractivity contribution < 1.29 is 9.53 Å². The summed E-state index contributed by atoms with van der Waals surface area (Å²) in [6.07, 6.45) is 1.92. The predicted octanol–water partition coefficient (Wildman–Crippen LogP) is 4.83. The largest absolute Gasteiger partial charge is 0.497 e. The number of thioether (sulfide) groups is 1. The summed E-state index contributed by atoms with van der Waals surface area (Å²) in [5.74, 6) is 0.825. The van der Waals surface area contributed by atoms with Crippen molar-refractivity contribution in [3.63, 3.8) is 0 Å². The van der Waals surface area contributed by atoms with E-state index in [9.17, 15) is 4.79 Å². The molecule has 9 heteroatoms. The fourth-order valence-electron chi connectivity index (χ4n) is 2.48. The van der Waals surface area contributed by atoms with Gasteiger partial charge in [-0.1, -0.05) is 34.5 Å². The van der Waals surface area contributed by atoms with Gasteiger partial charge in [0, 0.05) is 5.56 Å². The Hall–Kier alpha value is -2.22. The molecule has 0 aliphatic rings. The topological polar surface area (TPSA) is 69.0 Å². The molecule has 1 N–H and O–H groups in total. The van der Waals surface area contributed by atoms with Crippen LogP contribution in [-0.4, -0.2) is 34.3 Å². The SMILES string of the molecule is COc1ccc(-c2nnn(CSC)c2C(=O)Nc2cccc(Cl)c2Cl)cc1. The maximum atomic E-state index is 13.0. The number of nitrogens with one attached hydrogen (secondary N) is 1. The van der Waals surface area contributed by atoms with Crippen LogP contribution in [0.5, 0.6) is 5.75 Å². The minimum atomic E-state index is -0.371. The molecule has 0 saturated carbocycles. The van der Waals surface area contributed by atoms with Gasteiger partial charge in [-0.05, 0) is 42.7 Å². The van der Waals surface area contributed by atoms with Crippen molar-refractivity contribution in [1.82, 2.24) is 15.0 Å². The molecule has 140 valence electrons. The quantitative estimate of drug-likeness (QED) is 0.615.